The van der Waals surface area contributed by atoms with Crippen molar-refractivity contribution in [2.24, 2.45) is 0 Å². The van der Waals surface area contributed by atoms with Gasteiger partial charge in [0.15, 0.2) is 0 Å². The number of alkyl halides is 1. The fourth-order valence-corrected chi connectivity index (χ4v) is 4.40. The number of aliphatic hydroxyl groups is 1. The number of hydrogen-bond acceptors (Lipinski definition) is 3. The molecule has 2 rings (SSSR count). The van der Waals surface area contributed by atoms with Gasteiger partial charge in [0.1, 0.15) is 0 Å². The number of halogens is 1. The Balaban J connectivity index is 2.23. The summed E-state index contributed by atoms with van der Waals surface area (Å²) in [6.45, 7) is 0. The van der Waals surface area contributed by atoms with Gasteiger partial charge >= 0.3 is 0 Å². The third-order valence-corrected chi connectivity index (χ3v) is 6.46. The van der Waals surface area contributed by atoms with Crippen LogP contribution in [0.25, 0.3) is 0 Å². The SMILES string of the molecule is CN(C1CCCCC1O)S(=O)(=O)c1ccc(CBr)cc1. The zero-order chi connectivity index (χ0) is 14.8. The van der Waals surface area contributed by atoms with E-state index in [4.69, 9.17) is 0 Å². The van der Waals surface area contributed by atoms with Crippen LogP contribution in [0.5, 0.6) is 0 Å². The van der Waals surface area contributed by atoms with Gasteiger partial charge in [0.05, 0.1) is 17.0 Å². The predicted octanol–water partition coefficient (Wildman–Crippen LogP) is 2.51. The molecule has 2 unspecified atom stereocenters. The van der Waals surface area contributed by atoms with E-state index in [2.05, 4.69) is 15.9 Å². The van der Waals surface area contributed by atoms with E-state index in [-0.39, 0.29) is 10.9 Å². The van der Waals surface area contributed by atoms with Crippen molar-refractivity contribution in [3.05, 3.63) is 29.8 Å². The first kappa shape index (κ1) is 15.9. The average Bonchev–Trinajstić information content (AvgIpc) is 2.47. The first-order valence-corrected chi connectivity index (χ1v) is 9.34. The molecule has 112 valence electrons. The molecule has 0 amide bonds. The average molecular weight is 362 g/mol. The summed E-state index contributed by atoms with van der Waals surface area (Å²) in [5.41, 5.74) is 1.03. The lowest BCUT2D eigenvalue weighted by Crippen LogP contribution is -2.46. The Kier molecular flexibility index (Phi) is 5.23. The zero-order valence-corrected chi connectivity index (χ0v) is 13.9. The Bertz CT molecular complexity index is 544. The molecule has 1 aliphatic carbocycles. The van der Waals surface area contributed by atoms with E-state index in [9.17, 15) is 13.5 Å². The van der Waals surface area contributed by atoms with Crippen molar-refractivity contribution in [1.82, 2.24) is 4.31 Å². The molecule has 20 heavy (non-hydrogen) atoms. The molecule has 6 heteroatoms. The number of rotatable bonds is 4. The van der Waals surface area contributed by atoms with Crippen LogP contribution in [0.2, 0.25) is 0 Å². The first-order valence-electron chi connectivity index (χ1n) is 6.78. The molecule has 4 nitrogen and oxygen atoms in total. The summed E-state index contributed by atoms with van der Waals surface area (Å²) >= 11 is 3.34. The standard InChI is InChI=1S/C14H20BrNO3S/c1-16(13-4-2-3-5-14(13)17)20(18,19)12-8-6-11(10-15)7-9-12/h6-9,13-14,17H,2-5,10H2,1H3. The largest absolute Gasteiger partial charge is 0.391 e. The minimum atomic E-state index is -3.54. The second-order valence-corrected chi connectivity index (χ2v) is 7.78. The lowest BCUT2D eigenvalue weighted by atomic mass is 9.93. The molecule has 1 aromatic rings. The van der Waals surface area contributed by atoms with E-state index >= 15 is 0 Å². The maximum Gasteiger partial charge on any atom is 0.243 e. The van der Waals surface area contributed by atoms with Gasteiger partial charge in [0.25, 0.3) is 0 Å². The highest BCUT2D eigenvalue weighted by Gasteiger charge is 2.34. The van der Waals surface area contributed by atoms with Crippen molar-refractivity contribution in [2.75, 3.05) is 7.05 Å². The summed E-state index contributed by atoms with van der Waals surface area (Å²) in [6.07, 6.45) is 2.75. The highest BCUT2D eigenvalue weighted by atomic mass is 79.9. The molecule has 0 aromatic heterocycles. The number of benzene rings is 1. The zero-order valence-electron chi connectivity index (χ0n) is 11.5. The molecule has 0 aliphatic heterocycles. The van der Waals surface area contributed by atoms with Crippen molar-refractivity contribution in [3.8, 4) is 0 Å². The molecule has 0 spiro atoms. The molecule has 1 aliphatic rings. The topological polar surface area (TPSA) is 57.6 Å². The lowest BCUT2D eigenvalue weighted by molar-refractivity contribution is 0.0638. The normalized spacial score (nSPS) is 24.0. The second kappa shape index (κ2) is 6.56. The van der Waals surface area contributed by atoms with Crippen molar-refractivity contribution in [2.45, 2.75) is 48.1 Å². The lowest BCUT2D eigenvalue weighted by Gasteiger charge is -2.34. The van der Waals surface area contributed by atoms with E-state index in [1.54, 1.807) is 31.3 Å². The predicted molar refractivity (Wildman–Crippen MR) is 82.3 cm³/mol. The molecule has 2 atom stereocenters. The summed E-state index contributed by atoms with van der Waals surface area (Å²) in [6, 6.07) is 6.53. The van der Waals surface area contributed by atoms with E-state index in [1.807, 2.05) is 0 Å². The van der Waals surface area contributed by atoms with Crippen molar-refractivity contribution >= 4 is 26.0 Å². The second-order valence-electron chi connectivity index (χ2n) is 5.22. The van der Waals surface area contributed by atoms with Crippen LogP contribution in [-0.2, 0) is 15.4 Å². The molecule has 1 fully saturated rings. The smallest absolute Gasteiger partial charge is 0.243 e. The van der Waals surface area contributed by atoms with Crippen molar-refractivity contribution in [3.63, 3.8) is 0 Å². The van der Waals surface area contributed by atoms with E-state index in [1.165, 1.54) is 4.31 Å². The van der Waals surface area contributed by atoms with Gasteiger partial charge in [-0.25, -0.2) is 8.42 Å². The molecule has 0 saturated heterocycles. The Morgan fingerprint density at radius 1 is 1.25 bits per heavy atom. The van der Waals surface area contributed by atoms with Crippen LogP contribution in [0.1, 0.15) is 31.2 Å². The molecule has 1 aromatic carbocycles. The summed E-state index contributed by atoms with van der Waals surface area (Å²) in [5.74, 6) is 0. The van der Waals surface area contributed by atoms with Crippen LogP contribution in [0, 0.1) is 0 Å². The van der Waals surface area contributed by atoms with Gasteiger partial charge in [0, 0.05) is 12.4 Å². The summed E-state index contributed by atoms with van der Waals surface area (Å²) in [5, 5.41) is 10.7. The Hall–Kier alpha value is -0.430. The van der Waals surface area contributed by atoms with Crippen LogP contribution in [0.4, 0.5) is 0 Å². The van der Waals surface area contributed by atoms with Gasteiger partial charge in [-0.1, -0.05) is 40.9 Å². The van der Waals surface area contributed by atoms with E-state index in [0.717, 1.165) is 24.8 Å². The maximum absolute atomic E-state index is 12.6. The summed E-state index contributed by atoms with van der Waals surface area (Å²) in [7, 11) is -1.98. The Labute approximate surface area is 129 Å². The molecular formula is C14H20BrNO3S. The first-order chi connectivity index (χ1) is 9.46. The van der Waals surface area contributed by atoms with Crippen LogP contribution in [0.3, 0.4) is 0 Å². The molecule has 0 heterocycles. The van der Waals surface area contributed by atoms with Gasteiger partial charge in [-0.2, -0.15) is 4.31 Å². The molecular weight excluding hydrogens is 342 g/mol. The third-order valence-electron chi connectivity index (χ3n) is 3.92. The fourth-order valence-electron chi connectivity index (χ4n) is 2.61. The Morgan fingerprint density at radius 2 is 1.85 bits per heavy atom. The number of sulfonamides is 1. The Morgan fingerprint density at radius 3 is 2.40 bits per heavy atom. The van der Waals surface area contributed by atoms with Gasteiger partial charge in [-0.15, -0.1) is 0 Å². The number of hydrogen-bond donors (Lipinski definition) is 1. The number of nitrogens with zero attached hydrogens (tertiary/aromatic N) is 1. The monoisotopic (exact) mass is 361 g/mol. The van der Waals surface area contributed by atoms with Gasteiger partial charge in [-0.05, 0) is 30.5 Å². The van der Waals surface area contributed by atoms with E-state index in [0.29, 0.717) is 11.8 Å². The van der Waals surface area contributed by atoms with Gasteiger partial charge < -0.3 is 5.11 Å². The number of aliphatic hydroxyl groups excluding tert-OH is 1. The molecule has 0 radical (unpaired) electrons. The molecule has 1 N–H and O–H groups in total. The molecule has 1 saturated carbocycles. The summed E-state index contributed by atoms with van der Waals surface area (Å²) in [4.78, 5) is 0.280. The minimum absolute atomic E-state index is 0.280. The fraction of sp³-hybridized carbons (Fsp3) is 0.571. The van der Waals surface area contributed by atoms with Crippen LogP contribution in [-0.4, -0.2) is 37.0 Å². The summed E-state index contributed by atoms with van der Waals surface area (Å²) < 4.78 is 26.5. The highest BCUT2D eigenvalue weighted by Crippen LogP contribution is 2.27. The van der Waals surface area contributed by atoms with Crippen molar-refractivity contribution in [1.29, 1.82) is 0 Å². The quantitative estimate of drug-likeness (QED) is 0.838. The van der Waals surface area contributed by atoms with Gasteiger partial charge in [-0.3, -0.25) is 0 Å². The van der Waals surface area contributed by atoms with Crippen LogP contribution >= 0.6 is 15.9 Å². The maximum atomic E-state index is 12.6. The third kappa shape index (κ3) is 3.24. The van der Waals surface area contributed by atoms with Crippen LogP contribution in [0.15, 0.2) is 29.2 Å². The van der Waals surface area contributed by atoms with Gasteiger partial charge in [0.2, 0.25) is 10.0 Å². The van der Waals surface area contributed by atoms with Crippen molar-refractivity contribution < 1.29 is 13.5 Å². The molecule has 0 bridgehead atoms. The highest BCUT2D eigenvalue weighted by molar-refractivity contribution is 9.08. The number of likely N-dealkylation sites (N-methyl/N-ethyl adjacent to an activating group) is 1. The van der Waals surface area contributed by atoms with Crippen LogP contribution < -0.4 is 0 Å². The minimum Gasteiger partial charge on any atom is -0.391 e. The van der Waals surface area contributed by atoms with E-state index < -0.39 is 16.1 Å².